The lowest BCUT2D eigenvalue weighted by Gasteiger charge is -2.42. The number of carbonyl (C=O) groups is 1. The first-order chi connectivity index (χ1) is 10.3. The zero-order valence-electron chi connectivity index (χ0n) is 12.4. The van der Waals surface area contributed by atoms with Crippen LogP contribution in [0.2, 0.25) is 0 Å². The molecule has 0 saturated carbocycles. The van der Waals surface area contributed by atoms with Crippen molar-refractivity contribution in [2.45, 2.75) is 38.1 Å². The van der Waals surface area contributed by atoms with E-state index in [4.69, 9.17) is 4.74 Å². The van der Waals surface area contributed by atoms with Gasteiger partial charge in [0.25, 0.3) is 0 Å². The topological polar surface area (TPSA) is 29.5 Å². The van der Waals surface area contributed by atoms with Gasteiger partial charge in [0.05, 0.1) is 0 Å². The van der Waals surface area contributed by atoms with Crippen molar-refractivity contribution in [3.8, 4) is 0 Å². The summed E-state index contributed by atoms with van der Waals surface area (Å²) in [5.41, 5.74) is 1.37. The van der Waals surface area contributed by atoms with E-state index in [1.807, 2.05) is 11.0 Å². The summed E-state index contributed by atoms with van der Waals surface area (Å²) in [7, 11) is 0. The number of rotatable bonds is 4. The minimum atomic E-state index is -0.117. The van der Waals surface area contributed by atoms with Gasteiger partial charge in [-0.15, -0.1) is 0 Å². The minimum absolute atomic E-state index is 0.117. The van der Waals surface area contributed by atoms with Crippen LogP contribution in [-0.4, -0.2) is 30.2 Å². The molecule has 0 spiro atoms. The highest BCUT2D eigenvalue weighted by atomic mass is 16.6. The lowest BCUT2D eigenvalue weighted by atomic mass is 9.89. The predicted molar refractivity (Wildman–Crippen MR) is 83.1 cm³/mol. The molecule has 0 aromatic heterocycles. The highest BCUT2D eigenvalue weighted by Crippen LogP contribution is 2.29. The van der Waals surface area contributed by atoms with Crippen LogP contribution in [0, 0.1) is 5.92 Å². The highest BCUT2D eigenvalue weighted by Gasteiger charge is 2.37. The van der Waals surface area contributed by atoms with Gasteiger partial charge in [-0.2, -0.15) is 0 Å². The molecule has 2 fully saturated rings. The van der Waals surface area contributed by atoms with Crippen molar-refractivity contribution in [1.29, 1.82) is 0 Å². The van der Waals surface area contributed by atoms with E-state index in [1.165, 1.54) is 12.0 Å². The average Bonchev–Trinajstić information content (AvgIpc) is 2.55. The molecular weight excluding hydrogens is 262 g/mol. The number of allylic oxidation sites excluding steroid dienone is 1. The van der Waals surface area contributed by atoms with Gasteiger partial charge in [0, 0.05) is 18.5 Å². The first kappa shape index (κ1) is 14.2. The third-order valence-electron chi connectivity index (χ3n) is 4.50. The normalized spacial score (nSPS) is 25.7. The first-order valence-electron chi connectivity index (χ1n) is 7.98. The van der Waals surface area contributed by atoms with Gasteiger partial charge in [-0.1, -0.05) is 42.5 Å². The van der Waals surface area contributed by atoms with Crippen molar-refractivity contribution in [2.24, 2.45) is 5.92 Å². The van der Waals surface area contributed by atoms with Gasteiger partial charge in [0.1, 0.15) is 6.61 Å². The average molecular weight is 285 g/mol. The standard InChI is InChI=1S/C18H23NO2/c20-18-19-13-7-6-12-17(19)16(14-21-18)11-5-4-10-15-8-2-1-3-9-15/h1-3,5,8-9,11,16-17H,4,6-7,10,12-14H2/b11-5+/t16-,17-/m1/s1. The van der Waals surface area contributed by atoms with Crippen LogP contribution in [0.3, 0.4) is 0 Å². The van der Waals surface area contributed by atoms with Crippen molar-refractivity contribution < 1.29 is 9.53 Å². The maximum Gasteiger partial charge on any atom is 0.410 e. The molecule has 2 saturated heterocycles. The molecule has 3 heteroatoms. The molecule has 3 rings (SSSR count). The van der Waals surface area contributed by atoms with E-state index in [0.717, 1.165) is 32.2 Å². The highest BCUT2D eigenvalue weighted by molar-refractivity contribution is 5.69. The number of carbonyl (C=O) groups excluding carboxylic acids is 1. The molecule has 0 N–H and O–H groups in total. The zero-order valence-corrected chi connectivity index (χ0v) is 12.4. The Kier molecular flexibility index (Phi) is 4.59. The molecule has 21 heavy (non-hydrogen) atoms. The van der Waals surface area contributed by atoms with Gasteiger partial charge in [0.15, 0.2) is 0 Å². The van der Waals surface area contributed by atoms with Gasteiger partial charge in [0.2, 0.25) is 0 Å². The van der Waals surface area contributed by atoms with Crippen LogP contribution in [-0.2, 0) is 11.2 Å². The van der Waals surface area contributed by atoms with E-state index in [9.17, 15) is 4.79 Å². The Bertz CT molecular complexity index is 497. The maximum atomic E-state index is 11.8. The summed E-state index contributed by atoms with van der Waals surface area (Å²) in [5.74, 6) is 0.360. The number of cyclic esters (lactones) is 1. The van der Waals surface area contributed by atoms with Gasteiger partial charge in [-0.25, -0.2) is 4.79 Å². The molecule has 3 nitrogen and oxygen atoms in total. The van der Waals surface area contributed by atoms with Crippen molar-refractivity contribution in [3.05, 3.63) is 48.0 Å². The summed E-state index contributed by atoms with van der Waals surface area (Å²) >= 11 is 0. The summed E-state index contributed by atoms with van der Waals surface area (Å²) in [6.07, 6.45) is 9.96. The fourth-order valence-electron chi connectivity index (χ4n) is 3.34. The number of hydrogen-bond donors (Lipinski definition) is 0. The molecule has 0 aliphatic carbocycles. The number of amides is 1. The predicted octanol–water partition coefficient (Wildman–Crippen LogP) is 3.80. The number of piperidine rings is 1. The fourth-order valence-corrected chi connectivity index (χ4v) is 3.34. The molecule has 0 bridgehead atoms. The van der Waals surface area contributed by atoms with Crippen molar-refractivity contribution in [2.75, 3.05) is 13.2 Å². The largest absolute Gasteiger partial charge is 0.449 e. The molecule has 2 heterocycles. The summed E-state index contributed by atoms with van der Waals surface area (Å²) in [6.45, 7) is 1.40. The van der Waals surface area contributed by atoms with Gasteiger partial charge in [-0.05, 0) is 37.7 Å². The third kappa shape index (κ3) is 3.46. The second kappa shape index (κ2) is 6.79. The van der Waals surface area contributed by atoms with Crippen LogP contribution in [0.4, 0.5) is 4.79 Å². The Morgan fingerprint density at radius 2 is 2.10 bits per heavy atom. The number of hydrogen-bond acceptors (Lipinski definition) is 2. The quantitative estimate of drug-likeness (QED) is 0.788. The molecule has 1 amide bonds. The number of nitrogens with zero attached hydrogens (tertiary/aromatic N) is 1. The van der Waals surface area contributed by atoms with E-state index in [-0.39, 0.29) is 6.09 Å². The van der Waals surface area contributed by atoms with Crippen molar-refractivity contribution >= 4 is 6.09 Å². The maximum absolute atomic E-state index is 11.8. The second-order valence-electron chi connectivity index (χ2n) is 5.95. The summed E-state index contributed by atoms with van der Waals surface area (Å²) in [6, 6.07) is 10.9. The van der Waals surface area contributed by atoms with E-state index in [1.54, 1.807) is 0 Å². The molecule has 2 aliphatic rings. The lowest BCUT2D eigenvalue weighted by molar-refractivity contribution is 0.00699. The number of aryl methyl sites for hydroxylation is 1. The molecule has 0 unspecified atom stereocenters. The van der Waals surface area contributed by atoms with E-state index < -0.39 is 0 Å². The molecule has 2 atom stereocenters. The third-order valence-corrected chi connectivity index (χ3v) is 4.50. The zero-order chi connectivity index (χ0) is 14.5. The fraction of sp³-hybridized carbons (Fsp3) is 0.500. The van der Waals surface area contributed by atoms with Crippen LogP contribution in [0.5, 0.6) is 0 Å². The smallest absolute Gasteiger partial charge is 0.410 e. The SMILES string of the molecule is O=C1OC[C@@H](/C=C/CCc2ccccc2)[C@H]2CCCCN12. The van der Waals surface area contributed by atoms with E-state index in [2.05, 4.69) is 36.4 Å². The first-order valence-corrected chi connectivity index (χ1v) is 7.98. The monoisotopic (exact) mass is 285 g/mol. The molecule has 2 aliphatic heterocycles. The van der Waals surface area contributed by atoms with Gasteiger partial charge in [-0.3, -0.25) is 0 Å². The minimum Gasteiger partial charge on any atom is -0.449 e. The Morgan fingerprint density at radius 3 is 2.95 bits per heavy atom. The van der Waals surface area contributed by atoms with Crippen molar-refractivity contribution in [1.82, 2.24) is 4.90 Å². The van der Waals surface area contributed by atoms with Crippen LogP contribution in [0.15, 0.2) is 42.5 Å². The molecule has 1 aromatic carbocycles. The lowest BCUT2D eigenvalue weighted by Crippen LogP contribution is -2.52. The second-order valence-corrected chi connectivity index (χ2v) is 5.95. The summed E-state index contributed by atoms with van der Waals surface area (Å²) in [4.78, 5) is 13.7. The molecule has 1 aromatic rings. The number of ether oxygens (including phenoxy) is 1. The van der Waals surface area contributed by atoms with E-state index in [0.29, 0.717) is 18.6 Å². The van der Waals surface area contributed by atoms with Crippen LogP contribution in [0.1, 0.15) is 31.2 Å². The number of benzene rings is 1. The Balaban J connectivity index is 1.54. The Labute approximate surface area is 126 Å². The summed E-state index contributed by atoms with van der Waals surface area (Å²) in [5, 5.41) is 0. The van der Waals surface area contributed by atoms with Gasteiger partial charge >= 0.3 is 6.09 Å². The van der Waals surface area contributed by atoms with Crippen LogP contribution >= 0.6 is 0 Å². The molecular formula is C18H23NO2. The molecule has 112 valence electrons. The molecule has 0 radical (unpaired) electrons. The summed E-state index contributed by atoms with van der Waals surface area (Å²) < 4.78 is 5.31. The van der Waals surface area contributed by atoms with Crippen LogP contribution in [0.25, 0.3) is 0 Å². The Morgan fingerprint density at radius 1 is 1.24 bits per heavy atom. The van der Waals surface area contributed by atoms with E-state index >= 15 is 0 Å². The number of fused-ring (bicyclic) bond motifs is 1. The Hall–Kier alpha value is -1.77. The van der Waals surface area contributed by atoms with Crippen LogP contribution < -0.4 is 0 Å². The van der Waals surface area contributed by atoms with Crippen molar-refractivity contribution in [3.63, 3.8) is 0 Å². The van der Waals surface area contributed by atoms with Gasteiger partial charge < -0.3 is 9.64 Å².